The first kappa shape index (κ1) is 18.7. The van der Waals surface area contributed by atoms with Gasteiger partial charge in [-0.3, -0.25) is 4.98 Å². The highest BCUT2D eigenvalue weighted by atomic mass is 14.9. The third kappa shape index (κ3) is 2.71. The molecule has 2 heterocycles. The zero-order valence-corrected chi connectivity index (χ0v) is 18.3. The Morgan fingerprint density at radius 1 is 0.767 bits per heavy atom. The third-order valence-corrected chi connectivity index (χ3v) is 6.45. The molecule has 0 aliphatic heterocycles. The molecule has 0 radical (unpaired) electrons. The second-order valence-electron chi connectivity index (χ2n) is 8.93. The zero-order chi connectivity index (χ0) is 21.0. The van der Waals surface area contributed by atoms with E-state index < -0.39 is 0 Å². The number of benzene rings is 2. The van der Waals surface area contributed by atoms with Gasteiger partial charge in [0.1, 0.15) is 7.05 Å². The highest BCUT2D eigenvalue weighted by Gasteiger charge is 2.41. The minimum absolute atomic E-state index is 0.136. The van der Waals surface area contributed by atoms with Gasteiger partial charge in [0.15, 0.2) is 6.20 Å². The molecular formula is C28H27N2+. The van der Waals surface area contributed by atoms with Gasteiger partial charge in [0.2, 0.25) is 5.69 Å². The first-order valence-corrected chi connectivity index (χ1v) is 10.6. The quantitative estimate of drug-likeness (QED) is 0.374. The van der Waals surface area contributed by atoms with Gasteiger partial charge in [-0.1, -0.05) is 62.4 Å². The maximum absolute atomic E-state index is 4.96. The van der Waals surface area contributed by atoms with Crippen molar-refractivity contribution in [3.63, 3.8) is 0 Å². The maximum Gasteiger partial charge on any atom is 0.212 e. The Kier molecular flexibility index (Phi) is 4.14. The SMILES string of the molecule is Cc1ccc2c(n1)C(C)(C)c1c-2ccc(C)c1-c1ccc(-c2ccccc2)c[n+]1C. The van der Waals surface area contributed by atoms with Crippen molar-refractivity contribution >= 4 is 0 Å². The summed E-state index contributed by atoms with van der Waals surface area (Å²) in [7, 11) is 2.15. The molecule has 5 rings (SSSR count). The molecule has 0 saturated carbocycles. The molecule has 2 aromatic carbocycles. The van der Waals surface area contributed by atoms with Crippen LogP contribution in [-0.2, 0) is 12.5 Å². The number of hydrogen-bond donors (Lipinski definition) is 0. The van der Waals surface area contributed by atoms with Gasteiger partial charge < -0.3 is 0 Å². The molecule has 1 aliphatic carbocycles. The van der Waals surface area contributed by atoms with E-state index in [2.05, 4.69) is 112 Å². The van der Waals surface area contributed by atoms with Crippen molar-refractivity contribution in [2.75, 3.05) is 0 Å². The van der Waals surface area contributed by atoms with Gasteiger partial charge in [-0.15, -0.1) is 0 Å². The van der Waals surface area contributed by atoms with E-state index in [1.54, 1.807) is 0 Å². The normalized spacial score (nSPS) is 13.8. The summed E-state index contributed by atoms with van der Waals surface area (Å²) in [5.74, 6) is 0. The molecule has 0 fully saturated rings. The summed E-state index contributed by atoms with van der Waals surface area (Å²) in [6.07, 6.45) is 2.24. The molecule has 1 aliphatic rings. The van der Waals surface area contributed by atoms with Gasteiger partial charge in [-0.2, -0.15) is 0 Å². The second-order valence-corrected chi connectivity index (χ2v) is 8.93. The fourth-order valence-corrected chi connectivity index (χ4v) is 4.95. The van der Waals surface area contributed by atoms with E-state index in [1.165, 1.54) is 50.3 Å². The lowest BCUT2D eigenvalue weighted by molar-refractivity contribution is -0.659. The monoisotopic (exact) mass is 391 g/mol. The van der Waals surface area contributed by atoms with Crippen LogP contribution in [0.3, 0.4) is 0 Å². The lowest BCUT2D eigenvalue weighted by Crippen LogP contribution is -2.32. The molecule has 2 nitrogen and oxygen atoms in total. The molecule has 0 unspecified atom stereocenters. The summed E-state index contributed by atoms with van der Waals surface area (Å²) >= 11 is 0. The summed E-state index contributed by atoms with van der Waals surface area (Å²) in [6.45, 7) is 8.92. The van der Waals surface area contributed by atoms with Crippen LogP contribution in [0.15, 0.2) is 72.9 Å². The van der Waals surface area contributed by atoms with Gasteiger partial charge in [-0.25, -0.2) is 4.57 Å². The van der Waals surface area contributed by atoms with Crippen molar-refractivity contribution in [2.24, 2.45) is 7.05 Å². The van der Waals surface area contributed by atoms with Crippen LogP contribution in [0.5, 0.6) is 0 Å². The van der Waals surface area contributed by atoms with Gasteiger partial charge in [0, 0.05) is 28.3 Å². The number of aromatic nitrogens is 2. The number of aryl methyl sites for hydroxylation is 3. The van der Waals surface area contributed by atoms with E-state index in [4.69, 9.17) is 4.98 Å². The van der Waals surface area contributed by atoms with Crippen LogP contribution in [0.25, 0.3) is 33.5 Å². The lowest BCUT2D eigenvalue weighted by atomic mass is 9.80. The number of pyridine rings is 2. The topological polar surface area (TPSA) is 16.8 Å². The van der Waals surface area contributed by atoms with E-state index in [1.807, 2.05) is 0 Å². The first-order chi connectivity index (χ1) is 14.4. The van der Waals surface area contributed by atoms with Gasteiger partial charge >= 0.3 is 0 Å². The Balaban J connectivity index is 1.73. The number of fused-ring (bicyclic) bond motifs is 3. The molecule has 0 atom stereocenters. The van der Waals surface area contributed by atoms with E-state index in [0.29, 0.717) is 0 Å². The number of hydrogen-bond acceptors (Lipinski definition) is 1. The lowest BCUT2D eigenvalue weighted by Gasteiger charge is -2.24. The molecule has 0 bridgehead atoms. The predicted molar refractivity (Wildman–Crippen MR) is 123 cm³/mol. The van der Waals surface area contributed by atoms with E-state index in [-0.39, 0.29) is 5.41 Å². The maximum atomic E-state index is 4.96. The Hall–Kier alpha value is -3.26. The molecule has 30 heavy (non-hydrogen) atoms. The molecule has 0 amide bonds. The Morgan fingerprint density at radius 2 is 1.50 bits per heavy atom. The van der Waals surface area contributed by atoms with E-state index in [9.17, 15) is 0 Å². The van der Waals surface area contributed by atoms with E-state index in [0.717, 1.165) is 5.69 Å². The van der Waals surface area contributed by atoms with Crippen LogP contribution in [0.1, 0.15) is 36.4 Å². The first-order valence-electron chi connectivity index (χ1n) is 10.6. The van der Waals surface area contributed by atoms with Crippen LogP contribution in [-0.4, -0.2) is 4.98 Å². The highest BCUT2D eigenvalue weighted by Crippen LogP contribution is 2.51. The summed E-state index contributed by atoms with van der Waals surface area (Å²) in [4.78, 5) is 4.96. The molecule has 2 heteroatoms. The second kappa shape index (κ2) is 6.63. The average molecular weight is 392 g/mol. The van der Waals surface area contributed by atoms with Crippen LogP contribution < -0.4 is 4.57 Å². The average Bonchev–Trinajstić information content (AvgIpc) is 2.96. The summed E-state index contributed by atoms with van der Waals surface area (Å²) in [5.41, 5.74) is 12.4. The molecule has 2 aromatic heterocycles. The van der Waals surface area contributed by atoms with Crippen LogP contribution in [0.4, 0.5) is 0 Å². The Bertz CT molecular complexity index is 1280. The van der Waals surface area contributed by atoms with Crippen molar-refractivity contribution in [3.05, 3.63) is 95.4 Å². The highest BCUT2D eigenvalue weighted by molar-refractivity contribution is 5.87. The number of nitrogens with zero attached hydrogens (tertiary/aromatic N) is 2. The molecule has 0 N–H and O–H groups in total. The molecule has 148 valence electrons. The zero-order valence-electron chi connectivity index (χ0n) is 18.3. The van der Waals surface area contributed by atoms with Crippen molar-refractivity contribution < 1.29 is 4.57 Å². The summed E-state index contributed by atoms with van der Waals surface area (Å²) in [6, 6.07) is 24.0. The van der Waals surface area contributed by atoms with Crippen LogP contribution in [0.2, 0.25) is 0 Å². The minimum Gasteiger partial charge on any atom is -0.257 e. The molecule has 0 spiro atoms. The Labute approximate surface area is 178 Å². The molecule has 4 aromatic rings. The van der Waals surface area contributed by atoms with E-state index >= 15 is 0 Å². The van der Waals surface area contributed by atoms with Crippen molar-refractivity contribution in [2.45, 2.75) is 33.1 Å². The van der Waals surface area contributed by atoms with Gasteiger partial charge in [0.25, 0.3) is 0 Å². The largest absolute Gasteiger partial charge is 0.257 e. The van der Waals surface area contributed by atoms with Gasteiger partial charge in [-0.05, 0) is 48.2 Å². The predicted octanol–water partition coefficient (Wildman–Crippen LogP) is 6.16. The van der Waals surface area contributed by atoms with Crippen LogP contribution in [0, 0.1) is 13.8 Å². The fraction of sp³-hybridized carbons (Fsp3) is 0.214. The summed E-state index contributed by atoms with van der Waals surface area (Å²) < 4.78 is 2.27. The van der Waals surface area contributed by atoms with Crippen molar-refractivity contribution in [1.29, 1.82) is 0 Å². The summed E-state index contributed by atoms with van der Waals surface area (Å²) in [5, 5.41) is 0. The molecule has 0 saturated heterocycles. The van der Waals surface area contributed by atoms with Crippen LogP contribution >= 0.6 is 0 Å². The van der Waals surface area contributed by atoms with Crippen molar-refractivity contribution in [1.82, 2.24) is 4.98 Å². The van der Waals surface area contributed by atoms with Gasteiger partial charge in [0.05, 0.1) is 11.3 Å². The Morgan fingerprint density at radius 3 is 2.23 bits per heavy atom. The number of rotatable bonds is 2. The molecular weight excluding hydrogens is 364 g/mol. The third-order valence-electron chi connectivity index (χ3n) is 6.45. The minimum atomic E-state index is -0.136. The standard InChI is InChI=1S/C28H27N2/c1-18-11-14-22-23-15-12-19(2)29-27(23)28(3,4)26(22)25(18)24-16-13-21(17-30(24)5)20-9-7-6-8-10-20/h6-17H,1-5H3/q+1. The smallest absolute Gasteiger partial charge is 0.212 e. The fourth-order valence-electron chi connectivity index (χ4n) is 4.95. The van der Waals surface area contributed by atoms with Crippen molar-refractivity contribution in [3.8, 4) is 33.5 Å².